The summed E-state index contributed by atoms with van der Waals surface area (Å²) in [7, 11) is 0. The summed E-state index contributed by atoms with van der Waals surface area (Å²) >= 11 is 0. The van der Waals surface area contributed by atoms with Crippen molar-refractivity contribution in [3.8, 4) is 0 Å². The molecule has 1 atom stereocenters. The van der Waals surface area contributed by atoms with Crippen molar-refractivity contribution in [1.82, 2.24) is 5.32 Å². The Kier molecular flexibility index (Phi) is 5.04. The van der Waals surface area contributed by atoms with Gasteiger partial charge in [0.25, 0.3) is 0 Å². The monoisotopic (exact) mass is 194 g/mol. The summed E-state index contributed by atoms with van der Waals surface area (Å²) in [5.41, 5.74) is 6.78. The third-order valence-electron chi connectivity index (χ3n) is 2.12. The van der Waals surface area contributed by atoms with Crippen LogP contribution in [0.5, 0.6) is 0 Å². The molecule has 1 heterocycles. The van der Waals surface area contributed by atoms with Gasteiger partial charge in [0.15, 0.2) is 0 Å². The Balaban J connectivity index is 2.33. The zero-order valence-corrected chi connectivity index (χ0v) is 8.57. The average Bonchev–Trinajstić information content (AvgIpc) is 2.71. The molecule has 1 rings (SSSR count). The Morgan fingerprint density at radius 2 is 2.50 bits per heavy atom. The fourth-order valence-electron chi connectivity index (χ4n) is 1.32. The number of hydrogen-bond donors (Lipinski definition) is 2. The highest BCUT2D eigenvalue weighted by Gasteiger charge is 2.08. The summed E-state index contributed by atoms with van der Waals surface area (Å²) in [4.78, 5) is 0. The zero-order valence-electron chi connectivity index (χ0n) is 8.57. The summed E-state index contributed by atoms with van der Waals surface area (Å²) in [5, 5.41) is 3.37. The molecule has 0 aliphatic heterocycles. The molecule has 78 valence electrons. The minimum absolute atomic E-state index is 0.207. The van der Waals surface area contributed by atoms with Gasteiger partial charge in [-0.1, -0.05) is 12.2 Å². The minimum Gasteiger partial charge on any atom is -0.472 e. The van der Waals surface area contributed by atoms with E-state index in [4.69, 9.17) is 10.2 Å². The molecular formula is C11H18N2O. The van der Waals surface area contributed by atoms with Crippen LogP contribution in [-0.2, 0) is 0 Å². The van der Waals surface area contributed by atoms with Gasteiger partial charge >= 0.3 is 0 Å². The highest BCUT2D eigenvalue weighted by Crippen LogP contribution is 2.11. The van der Waals surface area contributed by atoms with Crippen molar-refractivity contribution in [3.63, 3.8) is 0 Å². The van der Waals surface area contributed by atoms with Crippen LogP contribution in [0.4, 0.5) is 0 Å². The molecule has 0 bridgehead atoms. The lowest BCUT2D eigenvalue weighted by Gasteiger charge is -2.13. The first kappa shape index (κ1) is 11.0. The van der Waals surface area contributed by atoms with Crippen LogP contribution in [0.1, 0.15) is 24.9 Å². The molecule has 0 fully saturated rings. The van der Waals surface area contributed by atoms with Gasteiger partial charge in [0, 0.05) is 18.2 Å². The van der Waals surface area contributed by atoms with Crippen molar-refractivity contribution < 1.29 is 4.42 Å². The van der Waals surface area contributed by atoms with Gasteiger partial charge < -0.3 is 15.5 Å². The molecule has 0 aliphatic carbocycles. The summed E-state index contributed by atoms with van der Waals surface area (Å²) in [5.74, 6) is 0. The summed E-state index contributed by atoms with van der Waals surface area (Å²) in [6, 6.07) is 2.15. The molecule has 14 heavy (non-hydrogen) atoms. The van der Waals surface area contributed by atoms with Gasteiger partial charge in [0.2, 0.25) is 0 Å². The third-order valence-corrected chi connectivity index (χ3v) is 2.12. The zero-order chi connectivity index (χ0) is 10.2. The van der Waals surface area contributed by atoms with E-state index in [1.165, 1.54) is 0 Å². The maximum Gasteiger partial charge on any atom is 0.0950 e. The summed E-state index contributed by atoms with van der Waals surface area (Å²) in [6.07, 6.45) is 8.63. The van der Waals surface area contributed by atoms with Crippen LogP contribution in [0.2, 0.25) is 0 Å². The molecule has 3 heteroatoms. The van der Waals surface area contributed by atoms with Gasteiger partial charge in [-0.05, 0) is 26.0 Å². The molecule has 1 aromatic rings. The van der Waals surface area contributed by atoms with Crippen LogP contribution in [0.3, 0.4) is 0 Å². The normalized spacial score (nSPS) is 13.6. The van der Waals surface area contributed by atoms with Gasteiger partial charge in [0.1, 0.15) is 0 Å². The Morgan fingerprint density at radius 1 is 1.64 bits per heavy atom. The number of nitrogens with one attached hydrogen (secondary N) is 1. The largest absolute Gasteiger partial charge is 0.472 e. The van der Waals surface area contributed by atoms with E-state index in [2.05, 4.69) is 17.5 Å². The number of nitrogens with two attached hydrogens (primary N) is 1. The topological polar surface area (TPSA) is 51.2 Å². The lowest BCUT2D eigenvalue weighted by Crippen LogP contribution is -2.28. The molecule has 0 saturated carbocycles. The summed E-state index contributed by atoms with van der Waals surface area (Å²) in [6.45, 7) is 3.56. The highest BCUT2D eigenvalue weighted by molar-refractivity contribution is 5.11. The van der Waals surface area contributed by atoms with Gasteiger partial charge in [-0.25, -0.2) is 0 Å². The first-order valence-corrected chi connectivity index (χ1v) is 4.95. The van der Waals surface area contributed by atoms with Crippen LogP contribution in [0.15, 0.2) is 35.2 Å². The van der Waals surface area contributed by atoms with E-state index in [0.717, 1.165) is 18.5 Å². The molecule has 0 spiro atoms. The Hall–Kier alpha value is -1.06. The van der Waals surface area contributed by atoms with E-state index in [-0.39, 0.29) is 6.04 Å². The number of rotatable bonds is 6. The molecule has 0 amide bonds. The lowest BCUT2D eigenvalue weighted by molar-refractivity contribution is 0.525. The molecule has 0 saturated heterocycles. The maximum absolute atomic E-state index is 5.66. The third kappa shape index (κ3) is 3.36. The average molecular weight is 194 g/mol. The van der Waals surface area contributed by atoms with E-state index in [1.807, 2.05) is 13.0 Å². The van der Waals surface area contributed by atoms with Gasteiger partial charge in [-0.2, -0.15) is 0 Å². The van der Waals surface area contributed by atoms with Gasteiger partial charge in [-0.3, -0.25) is 0 Å². The van der Waals surface area contributed by atoms with Crippen molar-refractivity contribution in [3.05, 3.63) is 36.3 Å². The predicted octanol–water partition coefficient (Wildman–Crippen LogP) is 1.84. The Bertz CT molecular complexity index is 254. The quantitative estimate of drug-likeness (QED) is 0.536. The maximum atomic E-state index is 5.66. The van der Waals surface area contributed by atoms with Crippen molar-refractivity contribution in [2.45, 2.75) is 19.4 Å². The van der Waals surface area contributed by atoms with Crippen LogP contribution >= 0.6 is 0 Å². The van der Waals surface area contributed by atoms with Crippen LogP contribution in [0.25, 0.3) is 0 Å². The molecule has 1 unspecified atom stereocenters. The summed E-state index contributed by atoms with van der Waals surface area (Å²) < 4.78 is 5.02. The molecule has 0 aromatic carbocycles. The lowest BCUT2D eigenvalue weighted by atomic mass is 10.1. The molecular weight excluding hydrogens is 176 g/mol. The van der Waals surface area contributed by atoms with E-state index in [1.54, 1.807) is 12.5 Å². The second-order valence-electron chi connectivity index (χ2n) is 3.16. The second kappa shape index (κ2) is 6.40. The van der Waals surface area contributed by atoms with Crippen LogP contribution in [0, 0.1) is 0 Å². The molecule has 1 aromatic heterocycles. The van der Waals surface area contributed by atoms with Crippen LogP contribution < -0.4 is 11.1 Å². The predicted molar refractivity (Wildman–Crippen MR) is 57.9 cm³/mol. The van der Waals surface area contributed by atoms with E-state index in [0.29, 0.717) is 6.54 Å². The first-order chi connectivity index (χ1) is 6.88. The van der Waals surface area contributed by atoms with Crippen molar-refractivity contribution >= 4 is 0 Å². The molecule has 0 radical (unpaired) electrons. The van der Waals surface area contributed by atoms with E-state index in [9.17, 15) is 0 Å². The smallest absolute Gasteiger partial charge is 0.0950 e. The number of hydrogen-bond acceptors (Lipinski definition) is 3. The van der Waals surface area contributed by atoms with Gasteiger partial charge in [-0.15, -0.1) is 0 Å². The first-order valence-electron chi connectivity index (χ1n) is 4.95. The van der Waals surface area contributed by atoms with Crippen molar-refractivity contribution in [1.29, 1.82) is 0 Å². The fraction of sp³-hybridized carbons (Fsp3) is 0.455. The van der Waals surface area contributed by atoms with E-state index >= 15 is 0 Å². The highest BCUT2D eigenvalue weighted by atomic mass is 16.3. The fourth-order valence-corrected chi connectivity index (χ4v) is 1.32. The second-order valence-corrected chi connectivity index (χ2v) is 3.16. The van der Waals surface area contributed by atoms with Crippen molar-refractivity contribution in [2.75, 3.05) is 13.1 Å². The number of allylic oxidation sites excluding steroid dienone is 1. The van der Waals surface area contributed by atoms with Crippen molar-refractivity contribution in [2.24, 2.45) is 5.73 Å². The Morgan fingerprint density at radius 3 is 3.07 bits per heavy atom. The Labute approximate surface area is 85.0 Å². The standard InChI is InChI=1S/C11H18N2O/c1-2-3-4-6-13-11(8-12)10-5-7-14-9-10/h2-3,5,7,9,11,13H,4,6,8,12H2,1H3/b3-2+. The SMILES string of the molecule is C/C=C/CCNC(CN)c1ccoc1. The molecule has 0 aliphatic rings. The van der Waals surface area contributed by atoms with E-state index < -0.39 is 0 Å². The van der Waals surface area contributed by atoms with Crippen LogP contribution in [-0.4, -0.2) is 13.1 Å². The van der Waals surface area contributed by atoms with Gasteiger partial charge in [0.05, 0.1) is 12.5 Å². The molecule has 3 nitrogen and oxygen atoms in total. The molecule has 3 N–H and O–H groups in total. The number of furan rings is 1. The minimum atomic E-state index is 0.207.